The van der Waals surface area contributed by atoms with E-state index in [1.54, 1.807) is 12.1 Å². The summed E-state index contributed by atoms with van der Waals surface area (Å²) in [5, 5.41) is 5.88. The Morgan fingerprint density at radius 1 is 1.00 bits per heavy atom. The number of amides is 2. The molecule has 0 heterocycles. The summed E-state index contributed by atoms with van der Waals surface area (Å²) < 4.78 is 12.9. The quantitative estimate of drug-likeness (QED) is 0.792. The van der Waals surface area contributed by atoms with E-state index in [9.17, 15) is 14.0 Å². The van der Waals surface area contributed by atoms with Gasteiger partial charge in [-0.3, -0.25) is 9.59 Å². The predicted molar refractivity (Wildman–Crippen MR) is 108 cm³/mol. The normalized spacial score (nSPS) is 18.4. The lowest BCUT2D eigenvalue weighted by molar-refractivity contribution is -0.125. The van der Waals surface area contributed by atoms with Gasteiger partial charge in [-0.25, -0.2) is 4.39 Å². The first-order valence-electron chi connectivity index (χ1n) is 9.68. The molecule has 1 fully saturated rings. The van der Waals surface area contributed by atoms with E-state index in [1.807, 2.05) is 24.3 Å². The van der Waals surface area contributed by atoms with Crippen LogP contribution in [0.3, 0.4) is 0 Å². The van der Waals surface area contributed by atoms with Gasteiger partial charge in [0.05, 0.1) is 11.8 Å². The first kappa shape index (κ1) is 20.1. The van der Waals surface area contributed by atoms with Crippen molar-refractivity contribution in [3.63, 3.8) is 0 Å². The molecule has 0 saturated heterocycles. The fourth-order valence-electron chi connectivity index (χ4n) is 3.36. The van der Waals surface area contributed by atoms with E-state index in [1.165, 1.54) is 12.1 Å². The summed E-state index contributed by atoms with van der Waals surface area (Å²) in [7, 11) is 0. The largest absolute Gasteiger partial charge is 0.356 e. The molecule has 2 N–H and O–H groups in total. The highest BCUT2D eigenvalue weighted by Crippen LogP contribution is 2.40. The van der Waals surface area contributed by atoms with Crippen LogP contribution in [0.15, 0.2) is 48.5 Å². The van der Waals surface area contributed by atoms with Crippen molar-refractivity contribution in [2.45, 2.75) is 39.0 Å². The maximum absolute atomic E-state index is 12.9. The summed E-state index contributed by atoms with van der Waals surface area (Å²) in [6.45, 7) is 6.79. The Morgan fingerprint density at radius 2 is 1.64 bits per heavy atom. The van der Waals surface area contributed by atoms with E-state index in [-0.39, 0.29) is 34.9 Å². The monoisotopic (exact) mass is 382 g/mol. The number of hydrogen-bond acceptors (Lipinski definition) is 2. The van der Waals surface area contributed by atoms with Crippen LogP contribution in [0.1, 0.15) is 38.3 Å². The molecule has 0 spiro atoms. The maximum atomic E-state index is 12.9. The van der Waals surface area contributed by atoms with Crippen molar-refractivity contribution >= 4 is 17.5 Å². The minimum atomic E-state index is -0.279. The van der Waals surface area contributed by atoms with Crippen LogP contribution in [0.25, 0.3) is 0 Å². The van der Waals surface area contributed by atoms with E-state index < -0.39 is 0 Å². The number of rotatable bonds is 6. The summed E-state index contributed by atoms with van der Waals surface area (Å²) in [6.07, 6.45) is 1.21. The number of halogens is 1. The summed E-state index contributed by atoms with van der Waals surface area (Å²) in [4.78, 5) is 24.9. The third kappa shape index (κ3) is 4.97. The zero-order valence-corrected chi connectivity index (χ0v) is 16.6. The van der Waals surface area contributed by atoms with Crippen LogP contribution in [0.4, 0.5) is 10.1 Å². The van der Waals surface area contributed by atoms with Gasteiger partial charge in [-0.05, 0) is 47.6 Å². The second-order valence-corrected chi connectivity index (χ2v) is 8.40. The van der Waals surface area contributed by atoms with Gasteiger partial charge < -0.3 is 10.6 Å². The van der Waals surface area contributed by atoms with Gasteiger partial charge in [0, 0.05) is 12.2 Å². The Labute approximate surface area is 165 Å². The van der Waals surface area contributed by atoms with Gasteiger partial charge in [-0.2, -0.15) is 0 Å². The average Bonchev–Trinajstić information content (AvgIpc) is 3.44. The van der Waals surface area contributed by atoms with Gasteiger partial charge >= 0.3 is 0 Å². The van der Waals surface area contributed by atoms with E-state index >= 15 is 0 Å². The van der Waals surface area contributed by atoms with Crippen LogP contribution < -0.4 is 10.6 Å². The molecule has 3 rings (SSSR count). The fourth-order valence-corrected chi connectivity index (χ4v) is 3.36. The summed E-state index contributed by atoms with van der Waals surface area (Å²) in [5.41, 5.74) is 2.77. The van der Waals surface area contributed by atoms with Gasteiger partial charge in [-0.1, -0.05) is 51.1 Å². The highest BCUT2D eigenvalue weighted by atomic mass is 19.1. The van der Waals surface area contributed by atoms with Crippen LogP contribution in [-0.2, 0) is 21.4 Å². The number of carbonyl (C=O) groups excluding carboxylic acids is 2. The van der Waals surface area contributed by atoms with E-state index in [2.05, 4.69) is 31.4 Å². The molecule has 2 aromatic rings. The Morgan fingerprint density at radius 3 is 2.32 bits per heavy atom. The predicted octanol–water partition coefficient (Wildman–Crippen LogP) is 4.06. The van der Waals surface area contributed by atoms with Crippen LogP contribution in [0.5, 0.6) is 0 Å². The van der Waals surface area contributed by atoms with E-state index in [0.29, 0.717) is 19.4 Å². The molecule has 5 heteroatoms. The number of anilines is 1. The Hall–Kier alpha value is -2.69. The third-order valence-electron chi connectivity index (χ3n) is 5.08. The molecular formula is C23H27FN2O2. The molecule has 1 saturated carbocycles. The van der Waals surface area contributed by atoms with Crippen molar-refractivity contribution < 1.29 is 14.0 Å². The van der Waals surface area contributed by atoms with Crippen molar-refractivity contribution in [2.75, 3.05) is 11.9 Å². The molecule has 2 amide bonds. The number of nitrogens with one attached hydrogen (secondary N) is 2. The third-order valence-corrected chi connectivity index (χ3v) is 5.08. The van der Waals surface area contributed by atoms with Crippen molar-refractivity contribution in [3.8, 4) is 0 Å². The molecule has 2 aromatic carbocycles. The minimum Gasteiger partial charge on any atom is -0.356 e. The molecule has 4 nitrogen and oxygen atoms in total. The zero-order valence-electron chi connectivity index (χ0n) is 16.6. The summed E-state index contributed by atoms with van der Waals surface area (Å²) >= 11 is 0. The molecule has 0 bridgehead atoms. The first-order valence-corrected chi connectivity index (χ1v) is 9.68. The number of carbonyl (C=O) groups is 2. The summed E-state index contributed by atoms with van der Waals surface area (Å²) in [5.74, 6) is -1.01. The fraction of sp³-hybridized carbons (Fsp3) is 0.391. The van der Waals surface area contributed by atoms with Crippen molar-refractivity contribution in [2.24, 2.45) is 11.8 Å². The lowest BCUT2D eigenvalue weighted by Gasteiger charge is -2.23. The summed E-state index contributed by atoms with van der Waals surface area (Å²) in [6, 6.07) is 14.0. The topological polar surface area (TPSA) is 58.2 Å². The van der Waals surface area contributed by atoms with Crippen molar-refractivity contribution in [3.05, 3.63) is 65.5 Å². The molecule has 28 heavy (non-hydrogen) atoms. The SMILES string of the molecule is CC(C)(C)c1ccccc1NC(=O)C1CC1C(=O)NCCc1ccc(F)cc1. The van der Waals surface area contributed by atoms with Gasteiger partial charge in [0.1, 0.15) is 5.82 Å². The average molecular weight is 382 g/mol. The van der Waals surface area contributed by atoms with Crippen molar-refractivity contribution in [1.29, 1.82) is 0 Å². The number of benzene rings is 2. The molecule has 148 valence electrons. The highest BCUT2D eigenvalue weighted by Gasteiger charge is 2.48. The first-order chi connectivity index (χ1) is 13.3. The van der Waals surface area contributed by atoms with Gasteiger partial charge in [-0.15, -0.1) is 0 Å². The smallest absolute Gasteiger partial charge is 0.228 e. The molecule has 0 aromatic heterocycles. The lowest BCUT2D eigenvalue weighted by Crippen LogP contribution is -2.29. The molecule has 2 atom stereocenters. The van der Waals surface area contributed by atoms with Gasteiger partial charge in [0.15, 0.2) is 0 Å². The Bertz CT molecular complexity index is 856. The van der Waals surface area contributed by atoms with Crippen LogP contribution in [-0.4, -0.2) is 18.4 Å². The second kappa shape index (κ2) is 8.13. The molecule has 2 unspecified atom stereocenters. The van der Waals surface area contributed by atoms with Crippen LogP contribution >= 0.6 is 0 Å². The second-order valence-electron chi connectivity index (χ2n) is 8.40. The number of hydrogen-bond donors (Lipinski definition) is 2. The highest BCUT2D eigenvalue weighted by molar-refractivity contribution is 6.00. The van der Waals surface area contributed by atoms with Gasteiger partial charge in [0.25, 0.3) is 0 Å². The minimum absolute atomic E-state index is 0.0788. The molecular weight excluding hydrogens is 355 g/mol. The molecule has 0 aliphatic heterocycles. The Balaban J connectivity index is 1.49. The molecule has 1 aliphatic rings. The lowest BCUT2D eigenvalue weighted by atomic mass is 9.86. The molecule has 1 aliphatic carbocycles. The molecule has 0 radical (unpaired) electrons. The van der Waals surface area contributed by atoms with E-state index in [0.717, 1.165) is 16.8 Å². The Kier molecular flexibility index (Phi) is 5.82. The van der Waals surface area contributed by atoms with Crippen molar-refractivity contribution in [1.82, 2.24) is 5.32 Å². The standard InChI is InChI=1S/C23H27FN2O2/c1-23(2,3)19-6-4-5-7-20(19)26-22(28)18-14-17(18)21(27)25-13-12-15-8-10-16(24)11-9-15/h4-11,17-18H,12-14H2,1-3H3,(H,25,27)(H,26,28). The van der Waals surface area contributed by atoms with Gasteiger partial charge in [0.2, 0.25) is 11.8 Å². The van der Waals surface area contributed by atoms with Crippen LogP contribution in [0, 0.1) is 17.7 Å². The number of para-hydroxylation sites is 1. The van der Waals surface area contributed by atoms with E-state index in [4.69, 9.17) is 0 Å². The maximum Gasteiger partial charge on any atom is 0.228 e. The zero-order chi connectivity index (χ0) is 20.3. The van der Waals surface area contributed by atoms with Crippen LogP contribution in [0.2, 0.25) is 0 Å².